The van der Waals surface area contributed by atoms with Crippen molar-refractivity contribution in [2.24, 2.45) is 21.8 Å². The second-order valence-corrected chi connectivity index (χ2v) is 6.44. The molecule has 0 radical (unpaired) electrons. The zero-order chi connectivity index (χ0) is 17.7. The van der Waals surface area contributed by atoms with Gasteiger partial charge in [0.2, 0.25) is 0 Å². The minimum atomic E-state index is -0.00517. The highest BCUT2D eigenvalue weighted by molar-refractivity contribution is 9.11. The molecule has 0 spiro atoms. The van der Waals surface area contributed by atoms with Crippen LogP contribution >= 0.6 is 56.7 Å². The van der Waals surface area contributed by atoms with Gasteiger partial charge in [-0.2, -0.15) is 0 Å². The predicted octanol–water partition coefficient (Wildman–Crippen LogP) is 3.82. The first kappa shape index (κ1) is 24.3. The molecule has 0 amide bonds. The lowest BCUT2D eigenvalue weighted by Gasteiger charge is -2.12. The molecule has 0 saturated carbocycles. The van der Waals surface area contributed by atoms with Crippen LogP contribution in [0.3, 0.4) is 0 Å². The molecule has 0 aliphatic carbocycles. The summed E-state index contributed by atoms with van der Waals surface area (Å²) in [4.78, 5) is 0. The molecule has 0 aromatic heterocycles. The SMILES string of the molecule is Cl.Cl.N/C(=N\O)c1cccc(COc2c(Br)cc(/C(N)=N/O)cc2Br)c1. The summed E-state index contributed by atoms with van der Waals surface area (Å²) in [6.45, 7) is 0.271. The molecule has 7 nitrogen and oxygen atoms in total. The fraction of sp³-hybridized carbons (Fsp3) is 0.0667. The van der Waals surface area contributed by atoms with Crippen molar-refractivity contribution in [2.75, 3.05) is 0 Å². The third-order valence-electron chi connectivity index (χ3n) is 3.12. The van der Waals surface area contributed by atoms with Gasteiger partial charge in [0.15, 0.2) is 11.7 Å². The summed E-state index contributed by atoms with van der Waals surface area (Å²) in [7, 11) is 0. The van der Waals surface area contributed by atoms with Crippen LogP contribution in [-0.4, -0.2) is 22.1 Å². The summed E-state index contributed by atoms with van der Waals surface area (Å²) in [6.07, 6.45) is 0. The van der Waals surface area contributed by atoms with Gasteiger partial charge in [-0.1, -0.05) is 28.5 Å². The van der Waals surface area contributed by atoms with E-state index < -0.39 is 0 Å². The Hall–Kier alpha value is -1.68. The predicted molar refractivity (Wildman–Crippen MR) is 112 cm³/mol. The molecule has 6 N–H and O–H groups in total. The molecule has 2 aromatic rings. The van der Waals surface area contributed by atoms with E-state index in [1.165, 1.54) is 0 Å². The maximum atomic E-state index is 8.75. The molecule has 0 unspecified atom stereocenters. The largest absolute Gasteiger partial charge is 0.487 e. The van der Waals surface area contributed by atoms with Crippen molar-refractivity contribution in [3.63, 3.8) is 0 Å². The second kappa shape index (κ2) is 11.1. The van der Waals surface area contributed by atoms with Crippen molar-refractivity contribution < 1.29 is 15.2 Å². The number of oxime groups is 2. The lowest BCUT2D eigenvalue weighted by Crippen LogP contribution is -2.14. The summed E-state index contributed by atoms with van der Waals surface area (Å²) in [6, 6.07) is 10.5. The number of ether oxygens (including phenoxy) is 1. The molecular weight excluding hydrogens is 515 g/mol. The maximum absolute atomic E-state index is 8.75. The van der Waals surface area contributed by atoms with Gasteiger partial charge in [-0.05, 0) is 55.6 Å². The van der Waals surface area contributed by atoms with Crippen molar-refractivity contribution in [1.29, 1.82) is 0 Å². The van der Waals surface area contributed by atoms with Gasteiger partial charge < -0.3 is 26.6 Å². The van der Waals surface area contributed by atoms with Crippen molar-refractivity contribution >= 4 is 68.3 Å². The number of benzene rings is 2. The summed E-state index contributed by atoms with van der Waals surface area (Å²) in [5.41, 5.74) is 13.1. The van der Waals surface area contributed by atoms with Crippen molar-refractivity contribution in [1.82, 2.24) is 0 Å². The number of halogens is 4. The Balaban J connectivity index is 0.00000312. The minimum absolute atomic E-state index is 0. The van der Waals surface area contributed by atoms with E-state index in [1.54, 1.807) is 30.3 Å². The monoisotopic (exact) mass is 528 g/mol. The van der Waals surface area contributed by atoms with Gasteiger partial charge in [-0.25, -0.2) is 0 Å². The van der Waals surface area contributed by atoms with E-state index in [0.29, 0.717) is 25.8 Å². The van der Waals surface area contributed by atoms with Crippen LogP contribution in [0.5, 0.6) is 5.75 Å². The van der Waals surface area contributed by atoms with Crippen LogP contribution in [0.15, 0.2) is 55.7 Å². The molecule has 0 aliphatic heterocycles. The smallest absolute Gasteiger partial charge is 0.170 e. The number of nitrogens with two attached hydrogens (primary N) is 2. The second-order valence-electron chi connectivity index (χ2n) is 4.73. The molecule has 2 rings (SSSR count). The highest BCUT2D eigenvalue weighted by Gasteiger charge is 2.12. The zero-order valence-corrected chi connectivity index (χ0v) is 17.9. The van der Waals surface area contributed by atoms with E-state index >= 15 is 0 Å². The van der Waals surface area contributed by atoms with E-state index in [1.807, 2.05) is 6.07 Å². The lowest BCUT2D eigenvalue weighted by atomic mass is 10.1. The average Bonchev–Trinajstić information content (AvgIpc) is 2.59. The van der Waals surface area contributed by atoms with Gasteiger partial charge >= 0.3 is 0 Å². The third kappa shape index (κ3) is 5.94. The summed E-state index contributed by atoms with van der Waals surface area (Å²) < 4.78 is 7.10. The fourth-order valence-corrected chi connectivity index (χ4v) is 3.35. The normalized spacial score (nSPS) is 11.3. The average molecular weight is 531 g/mol. The van der Waals surface area contributed by atoms with Gasteiger partial charge in [0.25, 0.3) is 0 Å². The van der Waals surface area contributed by atoms with Gasteiger partial charge in [0.1, 0.15) is 12.4 Å². The van der Waals surface area contributed by atoms with Crippen molar-refractivity contribution in [3.8, 4) is 5.75 Å². The highest BCUT2D eigenvalue weighted by atomic mass is 79.9. The molecule has 0 saturated heterocycles. The number of rotatable bonds is 5. The van der Waals surface area contributed by atoms with E-state index in [0.717, 1.165) is 5.56 Å². The Morgan fingerprint density at radius 3 is 2.00 bits per heavy atom. The number of hydrogen-bond donors (Lipinski definition) is 4. The Kier molecular flexibility index (Phi) is 10.4. The van der Waals surface area contributed by atoms with Crippen LogP contribution in [0.2, 0.25) is 0 Å². The molecule has 0 atom stereocenters. The lowest BCUT2D eigenvalue weighted by molar-refractivity contribution is 0.302. The molecule has 11 heteroatoms. The van der Waals surface area contributed by atoms with Crippen LogP contribution in [0.4, 0.5) is 0 Å². The van der Waals surface area contributed by atoms with E-state index in [9.17, 15) is 0 Å². The van der Waals surface area contributed by atoms with Crippen LogP contribution in [0.1, 0.15) is 16.7 Å². The Morgan fingerprint density at radius 2 is 1.46 bits per heavy atom. The van der Waals surface area contributed by atoms with Crippen molar-refractivity contribution in [2.45, 2.75) is 6.61 Å². The standard InChI is InChI=1S/C15H14Br2N4O3.2ClH/c16-11-5-10(15(19)21-23)6-12(17)13(11)24-7-8-2-1-3-9(4-8)14(18)20-22;;/h1-6,22-23H,7H2,(H2,18,20)(H2,19,21);2*1H. The van der Waals surface area contributed by atoms with E-state index in [4.69, 9.17) is 26.6 Å². The molecule has 0 bridgehead atoms. The van der Waals surface area contributed by atoms with Gasteiger partial charge in [-0.3, -0.25) is 0 Å². The Bertz CT molecular complexity index is 796. The van der Waals surface area contributed by atoms with Gasteiger partial charge in [-0.15, -0.1) is 24.8 Å². The zero-order valence-electron chi connectivity index (χ0n) is 13.1. The summed E-state index contributed by atoms with van der Waals surface area (Å²) >= 11 is 6.80. The topological polar surface area (TPSA) is 126 Å². The quantitative estimate of drug-likeness (QED) is 0.202. The molecule has 142 valence electrons. The highest BCUT2D eigenvalue weighted by Crippen LogP contribution is 2.35. The summed E-state index contributed by atoms with van der Waals surface area (Å²) in [5.74, 6) is 0.593. The van der Waals surface area contributed by atoms with E-state index in [-0.39, 0.29) is 43.1 Å². The van der Waals surface area contributed by atoms with Crippen LogP contribution in [0.25, 0.3) is 0 Å². The van der Waals surface area contributed by atoms with Crippen molar-refractivity contribution in [3.05, 3.63) is 62.0 Å². The Labute approximate surface area is 179 Å². The molecule has 0 heterocycles. The molecule has 0 aliphatic rings. The summed E-state index contributed by atoms with van der Waals surface area (Å²) in [5, 5.41) is 23.4. The fourth-order valence-electron chi connectivity index (χ4n) is 1.94. The molecule has 2 aromatic carbocycles. The number of hydrogen-bond acceptors (Lipinski definition) is 5. The van der Waals surface area contributed by atoms with Crippen LogP contribution in [-0.2, 0) is 6.61 Å². The molecule has 26 heavy (non-hydrogen) atoms. The minimum Gasteiger partial charge on any atom is -0.487 e. The Morgan fingerprint density at radius 1 is 0.923 bits per heavy atom. The molecular formula is C15H16Br2Cl2N4O3. The van der Waals surface area contributed by atoms with Gasteiger partial charge in [0, 0.05) is 11.1 Å². The first-order chi connectivity index (χ1) is 11.5. The van der Waals surface area contributed by atoms with Crippen LogP contribution in [0, 0.1) is 0 Å². The first-order valence-electron chi connectivity index (χ1n) is 6.62. The molecule has 0 fully saturated rings. The van der Waals surface area contributed by atoms with Gasteiger partial charge in [0.05, 0.1) is 8.95 Å². The first-order valence-corrected chi connectivity index (χ1v) is 8.21. The third-order valence-corrected chi connectivity index (χ3v) is 4.29. The van der Waals surface area contributed by atoms with Crippen LogP contribution < -0.4 is 16.2 Å². The maximum Gasteiger partial charge on any atom is 0.170 e. The number of nitrogens with zero attached hydrogens (tertiary/aromatic N) is 2. The number of amidine groups is 2. The van der Waals surface area contributed by atoms with E-state index in [2.05, 4.69) is 42.2 Å².